The molecular formula is C12H13BrFN3O. The molecule has 0 spiro atoms. The van der Waals surface area contributed by atoms with Gasteiger partial charge in [0.2, 0.25) is 0 Å². The fourth-order valence-corrected chi connectivity index (χ4v) is 1.88. The highest BCUT2D eigenvalue weighted by atomic mass is 79.9. The molecule has 0 aliphatic rings. The third-order valence-electron chi connectivity index (χ3n) is 2.46. The van der Waals surface area contributed by atoms with Crippen LogP contribution in [-0.2, 0) is 13.1 Å². The van der Waals surface area contributed by atoms with E-state index in [2.05, 4.69) is 26.3 Å². The predicted molar refractivity (Wildman–Crippen MR) is 70.7 cm³/mol. The van der Waals surface area contributed by atoms with Crippen LogP contribution in [0.15, 0.2) is 35.1 Å². The minimum Gasteiger partial charge on any atom is -0.394 e. The summed E-state index contributed by atoms with van der Waals surface area (Å²) in [5, 5.41) is 15.9. The largest absolute Gasteiger partial charge is 0.394 e. The molecule has 0 aliphatic heterocycles. The molecule has 1 heterocycles. The molecule has 2 aromatic rings. The molecule has 0 unspecified atom stereocenters. The van der Waals surface area contributed by atoms with Crippen LogP contribution in [0.25, 0.3) is 0 Å². The van der Waals surface area contributed by atoms with Gasteiger partial charge in [0.25, 0.3) is 0 Å². The zero-order valence-corrected chi connectivity index (χ0v) is 11.2. The van der Waals surface area contributed by atoms with Crippen molar-refractivity contribution < 1.29 is 9.50 Å². The molecule has 0 bridgehead atoms. The lowest BCUT2D eigenvalue weighted by Gasteiger charge is -2.05. The van der Waals surface area contributed by atoms with Crippen LogP contribution >= 0.6 is 15.9 Å². The van der Waals surface area contributed by atoms with Crippen LogP contribution < -0.4 is 5.32 Å². The molecule has 0 saturated carbocycles. The summed E-state index contributed by atoms with van der Waals surface area (Å²) in [6.45, 7) is 0.890. The smallest absolute Gasteiger partial charge is 0.129 e. The third kappa shape index (κ3) is 3.30. The Bertz CT molecular complexity index is 530. The molecule has 0 amide bonds. The Hall–Kier alpha value is -1.40. The van der Waals surface area contributed by atoms with Crippen LogP contribution in [-0.4, -0.2) is 21.5 Å². The molecule has 2 N–H and O–H groups in total. The number of aromatic nitrogens is 2. The second-order valence-corrected chi connectivity index (χ2v) is 4.72. The monoisotopic (exact) mass is 313 g/mol. The lowest BCUT2D eigenvalue weighted by atomic mass is 10.2. The summed E-state index contributed by atoms with van der Waals surface area (Å²) in [5.74, 6) is -0.250. The van der Waals surface area contributed by atoms with Crippen molar-refractivity contribution in [3.05, 3.63) is 46.4 Å². The van der Waals surface area contributed by atoms with Gasteiger partial charge in [-0.05, 0) is 12.1 Å². The van der Waals surface area contributed by atoms with Crippen molar-refractivity contribution in [3.63, 3.8) is 0 Å². The molecule has 0 atom stereocenters. The summed E-state index contributed by atoms with van der Waals surface area (Å²) in [5.41, 5.74) is 1.39. The number of hydrogen-bond acceptors (Lipinski definition) is 3. The van der Waals surface area contributed by atoms with E-state index in [-0.39, 0.29) is 12.4 Å². The van der Waals surface area contributed by atoms with Crippen molar-refractivity contribution in [2.45, 2.75) is 13.1 Å². The third-order valence-corrected chi connectivity index (χ3v) is 2.95. The molecule has 1 aromatic carbocycles. The topological polar surface area (TPSA) is 50.1 Å². The van der Waals surface area contributed by atoms with Gasteiger partial charge in [0.05, 0.1) is 25.0 Å². The number of nitrogens with zero attached hydrogens (tertiary/aromatic N) is 2. The standard InChI is InChI=1S/C12H13BrFN3O/c13-10-2-1-9(12(14)5-10)6-15-11-7-16-17(8-11)3-4-18/h1-2,5,7-8,15,18H,3-4,6H2. The van der Waals surface area contributed by atoms with Gasteiger partial charge < -0.3 is 10.4 Å². The number of rotatable bonds is 5. The maximum Gasteiger partial charge on any atom is 0.129 e. The zero-order chi connectivity index (χ0) is 13.0. The summed E-state index contributed by atoms with van der Waals surface area (Å²) < 4.78 is 15.9. The van der Waals surface area contributed by atoms with Crippen molar-refractivity contribution in [1.29, 1.82) is 0 Å². The fourth-order valence-electron chi connectivity index (χ4n) is 1.54. The first-order chi connectivity index (χ1) is 8.69. The number of aliphatic hydroxyl groups is 1. The Labute approximate surface area is 113 Å². The molecule has 0 fully saturated rings. The predicted octanol–water partition coefficient (Wildman–Crippen LogP) is 2.39. The average molecular weight is 314 g/mol. The second-order valence-electron chi connectivity index (χ2n) is 3.80. The highest BCUT2D eigenvalue weighted by Crippen LogP contribution is 2.16. The molecule has 0 saturated heterocycles. The van der Waals surface area contributed by atoms with Crippen LogP contribution in [0.4, 0.5) is 10.1 Å². The van der Waals surface area contributed by atoms with E-state index in [9.17, 15) is 4.39 Å². The Balaban J connectivity index is 1.97. The van der Waals surface area contributed by atoms with E-state index in [4.69, 9.17) is 5.11 Å². The van der Waals surface area contributed by atoms with E-state index in [0.717, 1.165) is 10.2 Å². The minimum atomic E-state index is -0.250. The molecule has 1 aromatic heterocycles. The molecule has 96 valence electrons. The van der Waals surface area contributed by atoms with E-state index in [0.29, 0.717) is 18.7 Å². The zero-order valence-electron chi connectivity index (χ0n) is 9.61. The van der Waals surface area contributed by atoms with Crippen molar-refractivity contribution in [2.24, 2.45) is 0 Å². The molecule has 6 heteroatoms. The van der Waals surface area contributed by atoms with Gasteiger partial charge in [-0.15, -0.1) is 0 Å². The van der Waals surface area contributed by atoms with Gasteiger partial charge in [0, 0.05) is 22.8 Å². The Kier molecular flexibility index (Phi) is 4.33. The minimum absolute atomic E-state index is 0.0441. The molecular weight excluding hydrogens is 301 g/mol. The number of nitrogens with one attached hydrogen (secondary N) is 1. The highest BCUT2D eigenvalue weighted by Gasteiger charge is 2.03. The van der Waals surface area contributed by atoms with Crippen LogP contribution in [0, 0.1) is 5.82 Å². The average Bonchev–Trinajstić information content (AvgIpc) is 2.76. The number of aliphatic hydroxyl groups excluding tert-OH is 1. The Morgan fingerprint density at radius 3 is 3.00 bits per heavy atom. The first-order valence-electron chi connectivity index (χ1n) is 5.50. The van der Waals surface area contributed by atoms with Gasteiger partial charge in [0.15, 0.2) is 0 Å². The first-order valence-corrected chi connectivity index (χ1v) is 6.29. The first kappa shape index (κ1) is 13.0. The number of halogens is 2. The number of anilines is 1. The van der Waals surface area contributed by atoms with Gasteiger partial charge in [0.1, 0.15) is 5.82 Å². The van der Waals surface area contributed by atoms with Gasteiger partial charge >= 0.3 is 0 Å². The van der Waals surface area contributed by atoms with Crippen LogP contribution in [0.1, 0.15) is 5.56 Å². The van der Waals surface area contributed by atoms with Gasteiger partial charge in [-0.2, -0.15) is 5.10 Å². The van der Waals surface area contributed by atoms with Crippen LogP contribution in [0.3, 0.4) is 0 Å². The molecule has 0 radical (unpaired) electrons. The molecule has 0 aliphatic carbocycles. The lowest BCUT2D eigenvalue weighted by Crippen LogP contribution is -2.03. The number of hydrogen-bond donors (Lipinski definition) is 2. The van der Waals surface area contributed by atoms with Crippen molar-refractivity contribution in [1.82, 2.24) is 9.78 Å². The van der Waals surface area contributed by atoms with Crippen molar-refractivity contribution in [3.8, 4) is 0 Å². The number of benzene rings is 1. The van der Waals surface area contributed by atoms with Gasteiger partial charge in [-0.3, -0.25) is 4.68 Å². The van der Waals surface area contributed by atoms with Crippen molar-refractivity contribution in [2.75, 3.05) is 11.9 Å². The van der Waals surface area contributed by atoms with Crippen LogP contribution in [0.2, 0.25) is 0 Å². The summed E-state index contributed by atoms with van der Waals surface area (Å²) >= 11 is 3.22. The highest BCUT2D eigenvalue weighted by molar-refractivity contribution is 9.10. The lowest BCUT2D eigenvalue weighted by molar-refractivity contribution is 0.269. The van der Waals surface area contributed by atoms with E-state index < -0.39 is 0 Å². The Morgan fingerprint density at radius 2 is 2.28 bits per heavy atom. The fraction of sp³-hybridized carbons (Fsp3) is 0.250. The maximum atomic E-state index is 13.6. The van der Waals surface area contributed by atoms with Crippen LogP contribution in [0.5, 0.6) is 0 Å². The second kappa shape index (κ2) is 5.97. The molecule has 18 heavy (non-hydrogen) atoms. The van der Waals surface area contributed by atoms with Crippen molar-refractivity contribution >= 4 is 21.6 Å². The molecule has 2 rings (SSSR count). The van der Waals surface area contributed by atoms with E-state index in [1.165, 1.54) is 6.07 Å². The SMILES string of the molecule is OCCn1cc(NCc2ccc(Br)cc2F)cn1. The van der Waals surface area contributed by atoms with Gasteiger partial charge in [-0.25, -0.2) is 4.39 Å². The van der Waals surface area contributed by atoms with E-state index in [1.807, 2.05) is 0 Å². The van der Waals surface area contributed by atoms with E-state index >= 15 is 0 Å². The summed E-state index contributed by atoms with van der Waals surface area (Å²) in [6, 6.07) is 4.96. The summed E-state index contributed by atoms with van der Waals surface area (Å²) in [4.78, 5) is 0. The summed E-state index contributed by atoms with van der Waals surface area (Å²) in [7, 11) is 0. The summed E-state index contributed by atoms with van der Waals surface area (Å²) in [6.07, 6.45) is 3.42. The Morgan fingerprint density at radius 1 is 1.44 bits per heavy atom. The van der Waals surface area contributed by atoms with E-state index in [1.54, 1.807) is 29.2 Å². The van der Waals surface area contributed by atoms with Gasteiger partial charge in [-0.1, -0.05) is 22.0 Å². The quantitative estimate of drug-likeness (QED) is 0.891. The maximum absolute atomic E-state index is 13.6. The normalized spacial score (nSPS) is 10.6. The molecule has 4 nitrogen and oxygen atoms in total.